The third-order valence-corrected chi connectivity index (χ3v) is 2.97. The Labute approximate surface area is 103 Å². The van der Waals surface area contributed by atoms with E-state index in [2.05, 4.69) is 34.9 Å². The highest BCUT2D eigenvalue weighted by atomic mass is 16.5. The number of aryl methyl sites for hydroxylation is 1. The van der Waals surface area contributed by atoms with Crippen LogP contribution < -0.4 is 5.32 Å². The highest BCUT2D eigenvalue weighted by Crippen LogP contribution is 2.15. The largest absolute Gasteiger partial charge is 0.376 e. The van der Waals surface area contributed by atoms with Crippen LogP contribution in [0.5, 0.6) is 0 Å². The summed E-state index contributed by atoms with van der Waals surface area (Å²) in [6.07, 6.45) is 4.82. The molecule has 1 aliphatic rings. The van der Waals surface area contributed by atoms with Gasteiger partial charge >= 0.3 is 0 Å². The Bertz CT molecular complexity index is 354. The van der Waals surface area contributed by atoms with Crippen molar-refractivity contribution in [2.24, 2.45) is 5.92 Å². The number of hydrogen-bond donors (Lipinski definition) is 1. The summed E-state index contributed by atoms with van der Waals surface area (Å²) in [4.78, 5) is 4.52. The number of ether oxygens (including phenoxy) is 1. The lowest BCUT2D eigenvalue weighted by atomic mass is 10.2. The first kappa shape index (κ1) is 12.4. The van der Waals surface area contributed by atoms with E-state index in [1.807, 2.05) is 6.92 Å². The van der Waals surface area contributed by atoms with Crippen LogP contribution in [0.25, 0.3) is 0 Å². The molecule has 4 nitrogen and oxygen atoms in total. The lowest BCUT2D eigenvalue weighted by Gasteiger charge is -2.14. The first-order valence-electron chi connectivity index (χ1n) is 6.54. The molecule has 1 saturated heterocycles. The van der Waals surface area contributed by atoms with E-state index in [1.165, 1.54) is 6.42 Å². The van der Waals surface area contributed by atoms with Crippen LogP contribution in [0.2, 0.25) is 0 Å². The SMILES string of the molecule is Cc1cn(CC(C)C)c(NCC2CCCO2)n1. The molecular formula is C13H23N3O. The molecule has 1 N–H and O–H groups in total. The maximum atomic E-state index is 5.60. The summed E-state index contributed by atoms with van der Waals surface area (Å²) in [6, 6.07) is 0. The normalized spacial score (nSPS) is 20.1. The molecule has 0 spiro atoms. The molecule has 4 heteroatoms. The van der Waals surface area contributed by atoms with Crippen molar-refractivity contribution in [2.45, 2.75) is 46.3 Å². The van der Waals surface area contributed by atoms with Gasteiger partial charge in [-0.1, -0.05) is 13.8 Å². The molecule has 2 rings (SSSR count). The fourth-order valence-electron chi connectivity index (χ4n) is 2.23. The van der Waals surface area contributed by atoms with Crippen LogP contribution in [0.4, 0.5) is 5.95 Å². The van der Waals surface area contributed by atoms with Gasteiger partial charge in [0, 0.05) is 25.9 Å². The van der Waals surface area contributed by atoms with Crippen molar-refractivity contribution >= 4 is 5.95 Å². The van der Waals surface area contributed by atoms with Crippen molar-refractivity contribution in [1.29, 1.82) is 0 Å². The Balaban J connectivity index is 1.93. The van der Waals surface area contributed by atoms with E-state index >= 15 is 0 Å². The Morgan fingerprint density at radius 3 is 3.06 bits per heavy atom. The molecule has 1 atom stereocenters. The predicted molar refractivity (Wildman–Crippen MR) is 69.3 cm³/mol. The summed E-state index contributed by atoms with van der Waals surface area (Å²) in [5.41, 5.74) is 1.07. The molecule has 0 aliphatic carbocycles. The van der Waals surface area contributed by atoms with Gasteiger partial charge in [0.25, 0.3) is 0 Å². The third-order valence-electron chi connectivity index (χ3n) is 2.97. The molecule has 1 aromatic heterocycles. The predicted octanol–water partition coefficient (Wildman–Crippen LogP) is 2.44. The zero-order valence-corrected chi connectivity index (χ0v) is 11.1. The van der Waals surface area contributed by atoms with Gasteiger partial charge in [-0.15, -0.1) is 0 Å². The number of nitrogens with zero attached hydrogens (tertiary/aromatic N) is 2. The average Bonchev–Trinajstić information content (AvgIpc) is 2.84. The fourth-order valence-corrected chi connectivity index (χ4v) is 2.23. The second kappa shape index (κ2) is 5.54. The number of nitrogens with one attached hydrogen (secondary N) is 1. The highest BCUT2D eigenvalue weighted by molar-refractivity contribution is 5.29. The molecule has 17 heavy (non-hydrogen) atoms. The van der Waals surface area contributed by atoms with Crippen molar-refractivity contribution < 1.29 is 4.74 Å². The lowest BCUT2D eigenvalue weighted by molar-refractivity contribution is 0.120. The van der Waals surface area contributed by atoms with E-state index in [0.29, 0.717) is 12.0 Å². The molecule has 1 fully saturated rings. The zero-order chi connectivity index (χ0) is 12.3. The molecule has 0 amide bonds. The van der Waals surface area contributed by atoms with Crippen LogP contribution in [0.3, 0.4) is 0 Å². The maximum absolute atomic E-state index is 5.60. The van der Waals surface area contributed by atoms with Crippen molar-refractivity contribution in [2.75, 3.05) is 18.5 Å². The Morgan fingerprint density at radius 1 is 1.59 bits per heavy atom. The summed E-state index contributed by atoms with van der Waals surface area (Å²) >= 11 is 0. The van der Waals surface area contributed by atoms with Gasteiger partial charge in [0.15, 0.2) is 0 Å². The van der Waals surface area contributed by atoms with Gasteiger partial charge in [-0.3, -0.25) is 0 Å². The van der Waals surface area contributed by atoms with Crippen molar-refractivity contribution in [3.63, 3.8) is 0 Å². The number of anilines is 1. The van der Waals surface area contributed by atoms with Gasteiger partial charge in [0.2, 0.25) is 5.95 Å². The van der Waals surface area contributed by atoms with Crippen molar-refractivity contribution in [1.82, 2.24) is 9.55 Å². The summed E-state index contributed by atoms with van der Waals surface area (Å²) < 4.78 is 7.81. The smallest absolute Gasteiger partial charge is 0.203 e. The molecule has 0 aromatic carbocycles. The van der Waals surface area contributed by atoms with Gasteiger partial charge in [0.1, 0.15) is 0 Å². The number of aromatic nitrogens is 2. The average molecular weight is 237 g/mol. The van der Waals surface area contributed by atoms with E-state index < -0.39 is 0 Å². The molecule has 2 heterocycles. The van der Waals surface area contributed by atoms with Gasteiger partial charge < -0.3 is 14.6 Å². The quantitative estimate of drug-likeness (QED) is 0.855. The Hall–Kier alpha value is -1.03. The number of rotatable bonds is 5. The summed E-state index contributed by atoms with van der Waals surface area (Å²) in [5.74, 6) is 1.61. The van der Waals surface area contributed by atoms with E-state index in [1.54, 1.807) is 0 Å². The van der Waals surface area contributed by atoms with Crippen molar-refractivity contribution in [3.8, 4) is 0 Å². The van der Waals surface area contributed by atoms with Gasteiger partial charge in [-0.05, 0) is 25.7 Å². The first-order valence-corrected chi connectivity index (χ1v) is 6.54. The summed E-state index contributed by atoms with van der Waals surface area (Å²) in [7, 11) is 0. The standard InChI is InChI=1S/C13H23N3O/c1-10(2)8-16-9-11(3)15-13(16)14-7-12-5-4-6-17-12/h9-10,12H,4-8H2,1-3H3,(H,14,15). The highest BCUT2D eigenvalue weighted by Gasteiger charge is 2.16. The fraction of sp³-hybridized carbons (Fsp3) is 0.769. The van der Waals surface area contributed by atoms with Crippen LogP contribution in [0, 0.1) is 12.8 Å². The minimum absolute atomic E-state index is 0.361. The van der Waals surface area contributed by atoms with Crippen LogP contribution in [0.1, 0.15) is 32.4 Å². The summed E-state index contributed by atoms with van der Waals surface area (Å²) in [6.45, 7) is 9.27. The van der Waals surface area contributed by atoms with Gasteiger partial charge in [-0.25, -0.2) is 4.98 Å². The Morgan fingerprint density at radius 2 is 2.41 bits per heavy atom. The first-order chi connectivity index (χ1) is 8.15. The minimum Gasteiger partial charge on any atom is -0.376 e. The Kier molecular flexibility index (Phi) is 4.05. The molecule has 0 radical (unpaired) electrons. The van der Waals surface area contributed by atoms with Crippen LogP contribution in [-0.4, -0.2) is 28.8 Å². The lowest BCUT2D eigenvalue weighted by Crippen LogP contribution is -2.21. The number of hydrogen-bond acceptors (Lipinski definition) is 3. The maximum Gasteiger partial charge on any atom is 0.203 e. The molecular weight excluding hydrogens is 214 g/mol. The molecule has 96 valence electrons. The van der Waals surface area contributed by atoms with Gasteiger partial charge in [0.05, 0.1) is 11.8 Å². The van der Waals surface area contributed by atoms with Crippen LogP contribution >= 0.6 is 0 Å². The second-order valence-corrected chi connectivity index (χ2v) is 5.27. The van der Waals surface area contributed by atoms with Crippen LogP contribution in [-0.2, 0) is 11.3 Å². The van der Waals surface area contributed by atoms with E-state index in [4.69, 9.17) is 4.74 Å². The molecule has 0 bridgehead atoms. The van der Waals surface area contributed by atoms with Gasteiger partial charge in [-0.2, -0.15) is 0 Å². The third kappa shape index (κ3) is 3.46. The molecule has 1 unspecified atom stereocenters. The van der Waals surface area contributed by atoms with Crippen molar-refractivity contribution in [3.05, 3.63) is 11.9 Å². The zero-order valence-electron chi connectivity index (χ0n) is 11.1. The summed E-state index contributed by atoms with van der Waals surface area (Å²) in [5, 5.41) is 3.41. The topological polar surface area (TPSA) is 39.1 Å². The molecule has 0 saturated carbocycles. The molecule has 1 aliphatic heterocycles. The van der Waals surface area contributed by atoms with E-state index in [9.17, 15) is 0 Å². The van der Waals surface area contributed by atoms with E-state index in [0.717, 1.165) is 37.8 Å². The monoisotopic (exact) mass is 237 g/mol. The number of imidazole rings is 1. The minimum atomic E-state index is 0.361. The second-order valence-electron chi connectivity index (χ2n) is 5.27. The van der Waals surface area contributed by atoms with Crippen LogP contribution in [0.15, 0.2) is 6.20 Å². The van der Waals surface area contributed by atoms with E-state index in [-0.39, 0.29) is 0 Å². The molecule has 1 aromatic rings.